The molecule has 9 rings (SSSR count). The molecule has 3 aromatic heterocycles. The van der Waals surface area contributed by atoms with Gasteiger partial charge in [0.2, 0.25) is 0 Å². The summed E-state index contributed by atoms with van der Waals surface area (Å²) < 4.78 is 6.21. The molecule has 0 fully saturated rings. The highest BCUT2D eigenvalue weighted by atomic mass is 32.1. The zero-order chi connectivity index (χ0) is 25.5. The minimum Gasteiger partial charge on any atom is -0.309 e. The lowest BCUT2D eigenvalue weighted by Gasteiger charge is -2.11. The minimum atomic E-state index is 1.18. The third kappa shape index (κ3) is 2.91. The Morgan fingerprint density at radius 3 is 1.92 bits per heavy atom. The first-order valence-corrected chi connectivity index (χ1v) is 14.1. The predicted molar refractivity (Wildman–Crippen MR) is 168 cm³/mol. The van der Waals surface area contributed by atoms with Crippen molar-refractivity contribution < 1.29 is 0 Å². The Hall–Kier alpha value is -4.86. The van der Waals surface area contributed by atoms with E-state index < -0.39 is 0 Å². The van der Waals surface area contributed by atoms with Crippen LogP contribution in [0.5, 0.6) is 0 Å². The zero-order valence-electron chi connectivity index (χ0n) is 21.0. The highest BCUT2D eigenvalue weighted by Gasteiger charge is 2.19. The fourth-order valence-corrected chi connectivity index (χ4v) is 7.50. The van der Waals surface area contributed by atoms with Crippen LogP contribution in [0.1, 0.15) is 0 Å². The summed E-state index contributed by atoms with van der Waals surface area (Å²) in [7, 11) is 0. The molecule has 0 saturated carbocycles. The monoisotopic (exact) mass is 514 g/mol. The van der Waals surface area contributed by atoms with Crippen LogP contribution in [-0.4, -0.2) is 9.13 Å². The summed E-state index contributed by atoms with van der Waals surface area (Å²) in [5, 5.41) is 10.2. The predicted octanol–water partition coefficient (Wildman–Crippen LogP) is 10.2. The summed E-state index contributed by atoms with van der Waals surface area (Å²) >= 11 is 1.86. The number of thiophene rings is 1. The van der Waals surface area contributed by atoms with Crippen LogP contribution in [0.25, 0.3) is 75.2 Å². The molecule has 0 saturated heterocycles. The van der Waals surface area contributed by atoms with Gasteiger partial charge in [-0.25, -0.2) is 0 Å². The number of benzene rings is 6. The van der Waals surface area contributed by atoms with Gasteiger partial charge < -0.3 is 9.13 Å². The van der Waals surface area contributed by atoms with Gasteiger partial charge in [0.05, 0.1) is 22.1 Å². The van der Waals surface area contributed by atoms with Gasteiger partial charge in [-0.15, -0.1) is 11.3 Å². The van der Waals surface area contributed by atoms with Crippen LogP contribution in [0.2, 0.25) is 0 Å². The van der Waals surface area contributed by atoms with Crippen LogP contribution >= 0.6 is 11.3 Å². The molecule has 2 nitrogen and oxygen atoms in total. The smallest absolute Gasteiger partial charge is 0.101 e. The Morgan fingerprint density at radius 2 is 1.10 bits per heavy atom. The summed E-state index contributed by atoms with van der Waals surface area (Å²) in [4.78, 5) is 0. The second-order valence-electron chi connectivity index (χ2n) is 10.2. The van der Waals surface area contributed by atoms with Crippen molar-refractivity contribution >= 4 is 75.8 Å². The van der Waals surface area contributed by atoms with E-state index in [0.717, 1.165) is 0 Å². The molecule has 6 aromatic carbocycles. The molecule has 0 aliphatic carbocycles. The molecule has 0 radical (unpaired) electrons. The summed E-state index contributed by atoms with van der Waals surface area (Å²) in [6, 6.07) is 48.7. The first kappa shape index (κ1) is 21.1. The van der Waals surface area contributed by atoms with E-state index in [1.165, 1.54) is 75.2 Å². The van der Waals surface area contributed by atoms with Crippen LogP contribution in [-0.2, 0) is 0 Å². The average Bonchev–Trinajstić information content (AvgIpc) is 3.66. The largest absolute Gasteiger partial charge is 0.309 e. The van der Waals surface area contributed by atoms with E-state index in [1.807, 2.05) is 11.3 Å². The molecule has 39 heavy (non-hydrogen) atoms. The summed E-state index contributed by atoms with van der Waals surface area (Å²) in [5.41, 5.74) is 6.16. The van der Waals surface area contributed by atoms with Gasteiger partial charge >= 0.3 is 0 Å². The van der Waals surface area contributed by atoms with Crippen molar-refractivity contribution in [2.45, 2.75) is 0 Å². The number of para-hydroxylation sites is 3. The standard InChI is InChI=1S/C36H22N2S/c1-2-11-25(12-3-1)37-31-15-7-5-13-26(31)28-19-18-23-20-30-27-14-6-8-16-32(27)38(33(30)22-29(23)36(28)37)35-21-24-10-4-9-17-34(24)39-35/h1-22H. The van der Waals surface area contributed by atoms with Crippen molar-refractivity contribution in [1.29, 1.82) is 0 Å². The van der Waals surface area contributed by atoms with Crippen LogP contribution in [0.3, 0.4) is 0 Å². The van der Waals surface area contributed by atoms with Gasteiger partial charge in [0.25, 0.3) is 0 Å². The first-order valence-electron chi connectivity index (χ1n) is 13.3. The first-order chi connectivity index (χ1) is 19.3. The molecular weight excluding hydrogens is 492 g/mol. The van der Waals surface area contributed by atoms with Gasteiger partial charge in [0.15, 0.2) is 0 Å². The molecule has 3 heterocycles. The Morgan fingerprint density at radius 1 is 0.410 bits per heavy atom. The molecule has 9 aromatic rings. The molecule has 0 atom stereocenters. The molecule has 0 aliphatic heterocycles. The molecule has 0 N–H and O–H groups in total. The van der Waals surface area contributed by atoms with E-state index >= 15 is 0 Å². The number of nitrogens with zero attached hydrogens (tertiary/aromatic N) is 2. The van der Waals surface area contributed by atoms with Crippen LogP contribution in [0.4, 0.5) is 0 Å². The van der Waals surface area contributed by atoms with Gasteiger partial charge in [-0.1, -0.05) is 84.9 Å². The molecule has 0 aliphatic rings. The second kappa shape index (κ2) is 7.83. The highest BCUT2D eigenvalue weighted by molar-refractivity contribution is 7.21. The average molecular weight is 515 g/mol. The van der Waals surface area contributed by atoms with Gasteiger partial charge in [-0.05, 0) is 59.3 Å². The third-order valence-electron chi connectivity index (χ3n) is 8.09. The van der Waals surface area contributed by atoms with E-state index in [1.54, 1.807) is 0 Å². The SMILES string of the molecule is c1ccc(-n2c3ccccc3c3ccc4cc5c6ccccc6n(-c6cc7ccccc7s6)c5cc4c32)cc1. The minimum absolute atomic E-state index is 1.18. The van der Waals surface area contributed by atoms with Crippen molar-refractivity contribution in [2.24, 2.45) is 0 Å². The van der Waals surface area contributed by atoms with E-state index in [2.05, 4.69) is 143 Å². The van der Waals surface area contributed by atoms with E-state index in [9.17, 15) is 0 Å². The summed E-state index contributed by atoms with van der Waals surface area (Å²) in [5.74, 6) is 0. The molecule has 0 amide bonds. The lowest BCUT2D eigenvalue weighted by atomic mass is 10.0. The number of hydrogen-bond donors (Lipinski definition) is 0. The maximum absolute atomic E-state index is 2.46. The molecule has 182 valence electrons. The Labute approximate surface area is 228 Å². The van der Waals surface area contributed by atoms with Crippen molar-refractivity contribution in [1.82, 2.24) is 9.13 Å². The molecule has 0 unspecified atom stereocenters. The Kier molecular flexibility index (Phi) is 4.24. The van der Waals surface area contributed by atoms with Crippen molar-refractivity contribution in [3.05, 3.63) is 133 Å². The highest BCUT2D eigenvalue weighted by Crippen LogP contribution is 2.42. The molecule has 3 heteroatoms. The normalized spacial score (nSPS) is 12.1. The number of hydrogen-bond acceptors (Lipinski definition) is 1. The number of aromatic nitrogens is 2. The van der Waals surface area contributed by atoms with Crippen LogP contribution < -0.4 is 0 Å². The molecular formula is C36H22N2S. The summed E-state index contributed by atoms with van der Waals surface area (Å²) in [6.07, 6.45) is 0. The molecule has 0 bridgehead atoms. The Balaban J connectivity index is 1.48. The van der Waals surface area contributed by atoms with Gasteiger partial charge in [0, 0.05) is 37.3 Å². The van der Waals surface area contributed by atoms with E-state index in [0.29, 0.717) is 0 Å². The maximum atomic E-state index is 2.46. The lowest BCUT2D eigenvalue weighted by Crippen LogP contribution is -1.94. The number of rotatable bonds is 2. The number of fused-ring (bicyclic) bond motifs is 9. The fraction of sp³-hybridized carbons (Fsp3) is 0. The second-order valence-corrected chi connectivity index (χ2v) is 11.3. The zero-order valence-corrected chi connectivity index (χ0v) is 21.8. The maximum Gasteiger partial charge on any atom is 0.101 e. The molecule has 0 spiro atoms. The van der Waals surface area contributed by atoms with E-state index in [4.69, 9.17) is 0 Å². The van der Waals surface area contributed by atoms with Gasteiger partial charge in [0.1, 0.15) is 5.00 Å². The van der Waals surface area contributed by atoms with Gasteiger partial charge in [-0.2, -0.15) is 0 Å². The van der Waals surface area contributed by atoms with E-state index in [-0.39, 0.29) is 0 Å². The summed E-state index contributed by atoms with van der Waals surface area (Å²) in [6.45, 7) is 0. The third-order valence-corrected chi connectivity index (χ3v) is 9.19. The van der Waals surface area contributed by atoms with Crippen molar-refractivity contribution in [3.8, 4) is 10.7 Å². The van der Waals surface area contributed by atoms with Crippen molar-refractivity contribution in [2.75, 3.05) is 0 Å². The fourth-order valence-electron chi connectivity index (χ4n) is 6.41. The lowest BCUT2D eigenvalue weighted by molar-refractivity contribution is 1.19. The topological polar surface area (TPSA) is 9.86 Å². The van der Waals surface area contributed by atoms with Crippen LogP contribution in [0.15, 0.2) is 133 Å². The quantitative estimate of drug-likeness (QED) is 0.217. The Bertz CT molecular complexity index is 2350. The van der Waals surface area contributed by atoms with Gasteiger partial charge in [-0.3, -0.25) is 0 Å². The van der Waals surface area contributed by atoms with Crippen molar-refractivity contribution in [3.63, 3.8) is 0 Å². The van der Waals surface area contributed by atoms with Crippen LogP contribution in [0, 0.1) is 0 Å².